The molecule has 1 atom stereocenters. The van der Waals surface area contributed by atoms with E-state index in [0.29, 0.717) is 0 Å². The average Bonchev–Trinajstić information content (AvgIpc) is 2.44. The number of hydrogen-bond donors (Lipinski definition) is 1. The number of hydrogen-bond acceptors (Lipinski definition) is 2. The zero-order chi connectivity index (χ0) is 14.5. The molecule has 0 aliphatic heterocycles. The van der Waals surface area contributed by atoms with Crippen molar-refractivity contribution in [3.8, 4) is 11.5 Å². The van der Waals surface area contributed by atoms with Gasteiger partial charge in [0.05, 0.1) is 0 Å². The van der Waals surface area contributed by atoms with Crippen LogP contribution in [0.1, 0.15) is 36.6 Å². The molecule has 2 aromatic rings. The Hall–Kier alpha value is -1.80. The summed E-state index contributed by atoms with van der Waals surface area (Å²) in [5.41, 5.74) is 3.56. The van der Waals surface area contributed by atoms with Crippen LogP contribution >= 0.6 is 0 Å². The van der Waals surface area contributed by atoms with Gasteiger partial charge in [0.25, 0.3) is 0 Å². The van der Waals surface area contributed by atoms with Crippen molar-refractivity contribution >= 4 is 0 Å². The van der Waals surface area contributed by atoms with E-state index in [9.17, 15) is 0 Å². The molecule has 0 aliphatic rings. The van der Waals surface area contributed by atoms with E-state index in [0.717, 1.165) is 23.6 Å². The average molecular weight is 269 g/mol. The highest BCUT2D eigenvalue weighted by molar-refractivity contribution is 5.43. The summed E-state index contributed by atoms with van der Waals surface area (Å²) in [6, 6.07) is 14.8. The molecule has 0 bridgehead atoms. The molecule has 2 aromatic carbocycles. The molecule has 0 heterocycles. The lowest BCUT2D eigenvalue weighted by Crippen LogP contribution is -2.18. The first kappa shape index (κ1) is 14.6. The maximum Gasteiger partial charge on any atom is 0.132 e. The van der Waals surface area contributed by atoms with Gasteiger partial charge in [0.1, 0.15) is 11.5 Å². The second kappa shape index (κ2) is 6.58. The number of aryl methyl sites for hydroxylation is 2. The van der Waals surface area contributed by atoms with E-state index in [2.05, 4.69) is 63.3 Å². The van der Waals surface area contributed by atoms with Crippen molar-refractivity contribution in [2.75, 3.05) is 6.54 Å². The minimum atomic E-state index is 0.279. The van der Waals surface area contributed by atoms with Gasteiger partial charge in [-0.1, -0.05) is 37.3 Å². The van der Waals surface area contributed by atoms with Crippen molar-refractivity contribution in [3.63, 3.8) is 0 Å². The van der Waals surface area contributed by atoms with Crippen LogP contribution in [0.4, 0.5) is 0 Å². The first-order chi connectivity index (χ1) is 9.61. The molecule has 0 radical (unpaired) electrons. The van der Waals surface area contributed by atoms with Crippen molar-refractivity contribution in [1.29, 1.82) is 0 Å². The van der Waals surface area contributed by atoms with Crippen LogP contribution in [-0.2, 0) is 0 Å². The fraction of sp³-hybridized carbons (Fsp3) is 0.333. The molecule has 0 spiro atoms. The molecule has 1 N–H and O–H groups in total. The predicted molar refractivity (Wildman–Crippen MR) is 84.5 cm³/mol. The highest BCUT2D eigenvalue weighted by Crippen LogP contribution is 2.31. The third-order valence-corrected chi connectivity index (χ3v) is 3.46. The number of ether oxygens (including phenoxy) is 1. The van der Waals surface area contributed by atoms with Crippen LogP contribution in [0.15, 0.2) is 42.5 Å². The summed E-state index contributed by atoms with van der Waals surface area (Å²) < 4.78 is 6.15. The summed E-state index contributed by atoms with van der Waals surface area (Å²) in [5.74, 6) is 1.86. The van der Waals surface area contributed by atoms with E-state index in [1.165, 1.54) is 11.1 Å². The summed E-state index contributed by atoms with van der Waals surface area (Å²) in [5, 5.41) is 3.43. The van der Waals surface area contributed by atoms with E-state index >= 15 is 0 Å². The van der Waals surface area contributed by atoms with Gasteiger partial charge >= 0.3 is 0 Å². The molecule has 0 aromatic heterocycles. The number of benzene rings is 2. The molecular formula is C18H23NO. The lowest BCUT2D eigenvalue weighted by molar-refractivity contribution is 0.459. The second-order valence-electron chi connectivity index (χ2n) is 5.19. The highest BCUT2D eigenvalue weighted by atomic mass is 16.5. The van der Waals surface area contributed by atoms with Crippen LogP contribution in [0.2, 0.25) is 0 Å². The van der Waals surface area contributed by atoms with Gasteiger partial charge in [0.15, 0.2) is 0 Å². The first-order valence-corrected chi connectivity index (χ1v) is 7.19. The quantitative estimate of drug-likeness (QED) is 0.844. The molecule has 0 fully saturated rings. The van der Waals surface area contributed by atoms with Crippen molar-refractivity contribution < 1.29 is 4.74 Å². The minimum Gasteiger partial charge on any atom is -0.457 e. The largest absolute Gasteiger partial charge is 0.457 e. The van der Waals surface area contributed by atoms with Gasteiger partial charge in [-0.3, -0.25) is 0 Å². The predicted octanol–water partition coefficient (Wildman–Crippen LogP) is 4.77. The topological polar surface area (TPSA) is 21.3 Å². The molecule has 0 saturated heterocycles. The Bertz CT molecular complexity index is 577. The smallest absolute Gasteiger partial charge is 0.132 e. The van der Waals surface area contributed by atoms with Crippen LogP contribution in [-0.4, -0.2) is 6.54 Å². The Morgan fingerprint density at radius 2 is 1.80 bits per heavy atom. The van der Waals surface area contributed by atoms with Gasteiger partial charge in [-0.15, -0.1) is 0 Å². The Morgan fingerprint density at radius 1 is 1.05 bits per heavy atom. The van der Waals surface area contributed by atoms with Crippen LogP contribution in [0, 0.1) is 13.8 Å². The monoisotopic (exact) mass is 269 g/mol. The maximum absolute atomic E-state index is 6.15. The molecule has 2 nitrogen and oxygen atoms in total. The first-order valence-electron chi connectivity index (χ1n) is 7.19. The summed E-state index contributed by atoms with van der Waals surface area (Å²) in [7, 11) is 0. The zero-order valence-electron chi connectivity index (χ0n) is 12.7. The molecule has 0 amide bonds. The van der Waals surface area contributed by atoms with E-state index in [1.54, 1.807) is 0 Å². The fourth-order valence-electron chi connectivity index (χ4n) is 2.28. The van der Waals surface area contributed by atoms with Crippen LogP contribution in [0.5, 0.6) is 11.5 Å². The minimum absolute atomic E-state index is 0.279. The number of nitrogens with one attached hydrogen (secondary N) is 1. The Morgan fingerprint density at radius 3 is 2.55 bits per heavy atom. The van der Waals surface area contributed by atoms with Crippen LogP contribution in [0.3, 0.4) is 0 Å². The SMILES string of the molecule is CCNC(C)c1ccccc1Oc1cc(C)ccc1C. The third-order valence-electron chi connectivity index (χ3n) is 3.46. The summed E-state index contributed by atoms with van der Waals surface area (Å²) in [4.78, 5) is 0. The standard InChI is InChI=1S/C18H23NO/c1-5-19-15(4)16-8-6-7-9-17(16)20-18-12-13(2)10-11-14(18)3/h6-12,15,19H,5H2,1-4H3. The van der Waals surface area contributed by atoms with Gasteiger partial charge in [0, 0.05) is 11.6 Å². The molecule has 20 heavy (non-hydrogen) atoms. The lowest BCUT2D eigenvalue weighted by Gasteiger charge is -2.18. The van der Waals surface area contributed by atoms with Gasteiger partial charge in [-0.05, 0) is 50.6 Å². The Kier molecular flexibility index (Phi) is 4.80. The van der Waals surface area contributed by atoms with Crippen LogP contribution in [0.25, 0.3) is 0 Å². The summed E-state index contributed by atoms with van der Waals surface area (Å²) in [6.07, 6.45) is 0. The Balaban J connectivity index is 2.31. The van der Waals surface area contributed by atoms with Crippen molar-refractivity contribution in [2.45, 2.75) is 33.7 Å². The van der Waals surface area contributed by atoms with Gasteiger partial charge in [-0.25, -0.2) is 0 Å². The van der Waals surface area contributed by atoms with Gasteiger partial charge in [-0.2, -0.15) is 0 Å². The van der Waals surface area contributed by atoms with Crippen LogP contribution < -0.4 is 10.1 Å². The molecule has 2 heteroatoms. The summed E-state index contributed by atoms with van der Waals surface area (Å²) >= 11 is 0. The van der Waals surface area contributed by atoms with E-state index in [1.807, 2.05) is 12.1 Å². The molecule has 1 unspecified atom stereocenters. The highest BCUT2D eigenvalue weighted by Gasteiger charge is 2.11. The van der Waals surface area contributed by atoms with Crippen molar-refractivity contribution in [3.05, 3.63) is 59.2 Å². The van der Waals surface area contributed by atoms with E-state index < -0.39 is 0 Å². The lowest BCUT2D eigenvalue weighted by atomic mass is 10.1. The van der Waals surface area contributed by atoms with E-state index in [4.69, 9.17) is 4.74 Å². The Labute approximate surface area is 121 Å². The van der Waals surface area contributed by atoms with Gasteiger partial charge < -0.3 is 10.1 Å². The second-order valence-corrected chi connectivity index (χ2v) is 5.19. The fourth-order valence-corrected chi connectivity index (χ4v) is 2.28. The summed E-state index contributed by atoms with van der Waals surface area (Å²) in [6.45, 7) is 9.38. The molecule has 0 saturated carbocycles. The number of rotatable bonds is 5. The van der Waals surface area contributed by atoms with Gasteiger partial charge in [0.2, 0.25) is 0 Å². The van der Waals surface area contributed by atoms with Crippen molar-refractivity contribution in [2.24, 2.45) is 0 Å². The maximum atomic E-state index is 6.15. The molecular weight excluding hydrogens is 246 g/mol. The van der Waals surface area contributed by atoms with Crippen molar-refractivity contribution in [1.82, 2.24) is 5.32 Å². The van der Waals surface area contributed by atoms with E-state index in [-0.39, 0.29) is 6.04 Å². The molecule has 2 rings (SSSR count). The third kappa shape index (κ3) is 3.40. The zero-order valence-corrected chi connectivity index (χ0v) is 12.7. The normalized spacial score (nSPS) is 12.2. The molecule has 0 aliphatic carbocycles. The molecule has 106 valence electrons. The number of para-hydroxylation sites is 1.